The molecule has 0 amide bonds. The molecule has 0 bridgehead atoms. The van der Waals surface area contributed by atoms with Crippen molar-refractivity contribution in [3.63, 3.8) is 0 Å². The van der Waals surface area contributed by atoms with Crippen LogP contribution in [0.4, 0.5) is 5.82 Å². The highest BCUT2D eigenvalue weighted by Crippen LogP contribution is 2.23. The number of anilines is 1. The maximum absolute atomic E-state index is 5.57. The lowest BCUT2D eigenvalue weighted by molar-refractivity contribution is 1.09. The summed E-state index contributed by atoms with van der Waals surface area (Å²) >= 11 is 1.60. The number of aryl methyl sites for hydroxylation is 1. The summed E-state index contributed by atoms with van der Waals surface area (Å²) < 4.78 is 0. The Balaban J connectivity index is 2.39. The second-order valence-corrected chi connectivity index (χ2v) is 3.89. The molecule has 0 saturated carbocycles. The van der Waals surface area contributed by atoms with Crippen molar-refractivity contribution >= 4 is 17.2 Å². The molecule has 2 aromatic heterocycles. The molecule has 5 heteroatoms. The number of thiazole rings is 1. The lowest BCUT2D eigenvalue weighted by Gasteiger charge is -1.95. The minimum Gasteiger partial charge on any atom is -0.384 e. The van der Waals surface area contributed by atoms with Gasteiger partial charge in [0.2, 0.25) is 0 Å². The molecule has 0 spiro atoms. The van der Waals surface area contributed by atoms with Gasteiger partial charge < -0.3 is 5.73 Å². The lowest BCUT2D eigenvalue weighted by Crippen LogP contribution is -1.92. The Kier molecular flexibility index (Phi) is 2.41. The highest BCUT2D eigenvalue weighted by molar-refractivity contribution is 7.15. The SMILES string of the molecule is CCc1ncc(-c2nccc(N)n2)s1. The van der Waals surface area contributed by atoms with Gasteiger partial charge in [0.15, 0.2) is 5.82 Å². The summed E-state index contributed by atoms with van der Waals surface area (Å²) in [4.78, 5) is 13.5. The van der Waals surface area contributed by atoms with Crippen molar-refractivity contribution < 1.29 is 0 Å². The number of aromatic nitrogens is 3. The first-order chi connectivity index (χ1) is 6.79. The number of hydrogen-bond donors (Lipinski definition) is 1. The quantitative estimate of drug-likeness (QED) is 0.813. The minimum absolute atomic E-state index is 0.487. The van der Waals surface area contributed by atoms with Gasteiger partial charge in [0.1, 0.15) is 5.82 Å². The van der Waals surface area contributed by atoms with E-state index in [4.69, 9.17) is 5.73 Å². The Labute approximate surface area is 85.9 Å². The molecule has 0 aliphatic rings. The minimum atomic E-state index is 0.487. The van der Waals surface area contributed by atoms with E-state index in [0.717, 1.165) is 16.3 Å². The van der Waals surface area contributed by atoms with Crippen LogP contribution in [0, 0.1) is 0 Å². The van der Waals surface area contributed by atoms with Gasteiger partial charge in [-0.05, 0) is 12.5 Å². The first-order valence-electron chi connectivity index (χ1n) is 4.33. The van der Waals surface area contributed by atoms with Crippen LogP contribution in [0.2, 0.25) is 0 Å². The van der Waals surface area contributed by atoms with Crippen LogP contribution >= 0.6 is 11.3 Å². The van der Waals surface area contributed by atoms with Crippen LogP contribution < -0.4 is 5.73 Å². The second-order valence-electron chi connectivity index (χ2n) is 2.78. The summed E-state index contributed by atoms with van der Waals surface area (Å²) in [6.07, 6.45) is 4.38. The van der Waals surface area contributed by atoms with Gasteiger partial charge in [-0.2, -0.15) is 0 Å². The van der Waals surface area contributed by atoms with Crippen LogP contribution in [-0.2, 0) is 6.42 Å². The van der Waals surface area contributed by atoms with Gasteiger partial charge in [0, 0.05) is 12.4 Å². The van der Waals surface area contributed by atoms with E-state index in [2.05, 4.69) is 21.9 Å². The van der Waals surface area contributed by atoms with Crippen LogP contribution in [0.1, 0.15) is 11.9 Å². The fourth-order valence-electron chi connectivity index (χ4n) is 1.07. The monoisotopic (exact) mass is 206 g/mol. The number of nitrogen functional groups attached to an aromatic ring is 1. The maximum Gasteiger partial charge on any atom is 0.173 e. The first-order valence-corrected chi connectivity index (χ1v) is 5.15. The first kappa shape index (κ1) is 9.08. The van der Waals surface area contributed by atoms with Crippen LogP contribution in [0.3, 0.4) is 0 Å². The van der Waals surface area contributed by atoms with Crippen molar-refractivity contribution in [2.45, 2.75) is 13.3 Å². The summed E-state index contributed by atoms with van der Waals surface area (Å²) in [7, 11) is 0. The summed E-state index contributed by atoms with van der Waals surface area (Å²) in [5.74, 6) is 1.14. The molecule has 2 N–H and O–H groups in total. The van der Waals surface area contributed by atoms with E-state index in [0.29, 0.717) is 11.6 Å². The molecule has 0 unspecified atom stereocenters. The normalized spacial score (nSPS) is 10.4. The molecular formula is C9H10N4S. The predicted octanol–water partition coefficient (Wildman–Crippen LogP) is 1.74. The van der Waals surface area contributed by atoms with Gasteiger partial charge in [-0.25, -0.2) is 15.0 Å². The van der Waals surface area contributed by atoms with E-state index < -0.39 is 0 Å². The molecule has 2 rings (SSSR count). The van der Waals surface area contributed by atoms with Crippen LogP contribution in [0.5, 0.6) is 0 Å². The van der Waals surface area contributed by atoms with Crippen molar-refractivity contribution in [3.05, 3.63) is 23.5 Å². The smallest absolute Gasteiger partial charge is 0.173 e. The van der Waals surface area contributed by atoms with E-state index in [1.54, 1.807) is 29.8 Å². The molecule has 0 radical (unpaired) electrons. The summed E-state index contributed by atoms with van der Waals surface area (Å²) in [6, 6.07) is 1.67. The summed E-state index contributed by atoms with van der Waals surface area (Å²) in [5, 5.41) is 1.09. The van der Waals surface area contributed by atoms with Crippen molar-refractivity contribution in [2.24, 2.45) is 0 Å². The fourth-order valence-corrected chi connectivity index (χ4v) is 1.87. The van der Waals surface area contributed by atoms with Crippen LogP contribution in [-0.4, -0.2) is 15.0 Å². The summed E-state index contributed by atoms with van der Waals surface area (Å²) in [6.45, 7) is 2.07. The Bertz CT molecular complexity index is 438. The standard InChI is InChI=1S/C9H10N4S/c1-2-8-12-5-6(14-8)9-11-4-3-7(10)13-9/h3-5H,2H2,1H3,(H2,10,11,13). The highest BCUT2D eigenvalue weighted by Gasteiger charge is 2.05. The molecule has 4 nitrogen and oxygen atoms in total. The van der Waals surface area contributed by atoms with Gasteiger partial charge in [0.05, 0.1) is 9.88 Å². The Morgan fingerprint density at radius 1 is 1.43 bits per heavy atom. The maximum atomic E-state index is 5.57. The van der Waals surface area contributed by atoms with Crippen LogP contribution in [0.25, 0.3) is 10.7 Å². The number of hydrogen-bond acceptors (Lipinski definition) is 5. The topological polar surface area (TPSA) is 64.7 Å². The third-order valence-electron chi connectivity index (χ3n) is 1.75. The van der Waals surface area contributed by atoms with Crippen LogP contribution in [0.15, 0.2) is 18.5 Å². The van der Waals surface area contributed by atoms with Crippen molar-refractivity contribution in [3.8, 4) is 10.7 Å². The van der Waals surface area contributed by atoms with Crippen molar-refractivity contribution in [2.75, 3.05) is 5.73 Å². The van der Waals surface area contributed by atoms with Crippen molar-refractivity contribution in [1.29, 1.82) is 0 Å². The Hall–Kier alpha value is -1.49. The zero-order valence-corrected chi connectivity index (χ0v) is 8.58. The molecule has 14 heavy (non-hydrogen) atoms. The fraction of sp³-hybridized carbons (Fsp3) is 0.222. The van der Waals surface area contributed by atoms with Gasteiger partial charge in [-0.15, -0.1) is 11.3 Å². The molecule has 2 heterocycles. The average molecular weight is 206 g/mol. The van der Waals surface area contributed by atoms with E-state index in [9.17, 15) is 0 Å². The lowest BCUT2D eigenvalue weighted by atomic mass is 10.5. The van der Waals surface area contributed by atoms with E-state index >= 15 is 0 Å². The van der Waals surface area contributed by atoms with Gasteiger partial charge in [-0.3, -0.25) is 0 Å². The Morgan fingerprint density at radius 2 is 2.29 bits per heavy atom. The number of rotatable bonds is 2. The Morgan fingerprint density at radius 3 is 2.93 bits per heavy atom. The third-order valence-corrected chi connectivity index (χ3v) is 2.89. The zero-order chi connectivity index (χ0) is 9.97. The molecule has 0 aliphatic heterocycles. The molecule has 0 aromatic carbocycles. The average Bonchev–Trinajstić information content (AvgIpc) is 2.66. The van der Waals surface area contributed by atoms with Gasteiger partial charge >= 0.3 is 0 Å². The predicted molar refractivity (Wildman–Crippen MR) is 56.9 cm³/mol. The van der Waals surface area contributed by atoms with Gasteiger partial charge in [0.25, 0.3) is 0 Å². The molecule has 0 aliphatic carbocycles. The number of nitrogens with two attached hydrogens (primary N) is 1. The molecular weight excluding hydrogens is 196 g/mol. The molecule has 0 fully saturated rings. The van der Waals surface area contributed by atoms with Crippen molar-refractivity contribution in [1.82, 2.24) is 15.0 Å². The van der Waals surface area contributed by atoms with E-state index in [1.165, 1.54) is 0 Å². The summed E-state index contributed by atoms with van der Waals surface area (Å²) in [5.41, 5.74) is 5.57. The molecule has 0 atom stereocenters. The third kappa shape index (κ3) is 1.72. The number of nitrogens with zero attached hydrogens (tertiary/aromatic N) is 3. The molecule has 72 valence electrons. The van der Waals surface area contributed by atoms with Gasteiger partial charge in [-0.1, -0.05) is 6.92 Å². The molecule has 0 saturated heterocycles. The highest BCUT2D eigenvalue weighted by atomic mass is 32.1. The zero-order valence-electron chi connectivity index (χ0n) is 7.77. The second kappa shape index (κ2) is 3.71. The van der Waals surface area contributed by atoms with E-state index in [-0.39, 0.29) is 0 Å². The molecule has 2 aromatic rings. The van der Waals surface area contributed by atoms with E-state index in [1.807, 2.05) is 0 Å². The largest absolute Gasteiger partial charge is 0.384 e.